The van der Waals surface area contributed by atoms with Gasteiger partial charge in [-0.25, -0.2) is 0 Å². The van der Waals surface area contributed by atoms with E-state index in [2.05, 4.69) is 54.7 Å². The lowest BCUT2D eigenvalue weighted by atomic mass is 10.0. The minimum Gasteiger partial charge on any atom is -0.406 e. The van der Waals surface area contributed by atoms with Gasteiger partial charge in [-0.1, -0.05) is 18.2 Å². The molecule has 5 rings (SSSR count). The fraction of sp³-hybridized carbons (Fsp3) is 0.393. The Balaban J connectivity index is 1.33. The van der Waals surface area contributed by atoms with Gasteiger partial charge in [-0.15, -0.1) is 13.2 Å². The number of rotatable bonds is 9. The number of benzene rings is 2. The zero-order chi connectivity index (χ0) is 26.7. The van der Waals surface area contributed by atoms with Crippen LogP contribution in [0, 0.1) is 0 Å². The van der Waals surface area contributed by atoms with E-state index in [1.54, 1.807) is 12.1 Å². The molecule has 0 spiro atoms. The molecular weight excluding hydrogens is 493 g/mol. The van der Waals surface area contributed by atoms with Gasteiger partial charge in [-0.3, -0.25) is 14.5 Å². The minimum atomic E-state index is -4.71. The van der Waals surface area contributed by atoms with Gasteiger partial charge in [-0.05, 0) is 54.4 Å². The number of halogens is 3. The molecule has 3 heterocycles. The van der Waals surface area contributed by atoms with E-state index in [0.29, 0.717) is 6.54 Å². The number of fused-ring (bicyclic) bond motifs is 1. The fourth-order valence-electron chi connectivity index (χ4n) is 5.10. The molecular formula is C28H33F3N6O. The summed E-state index contributed by atoms with van der Waals surface area (Å²) in [6.45, 7) is 7.09. The molecule has 1 aliphatic heterocycles. The smallest absolute Gasteiger partial charge is 0.406 e. The predicted molar refractivity (Wildman–Crippen MR) is 141 cm³/mol. The van der Waals surface area contributed by atoms with Gasteiger partial charge in [0.2, 0.25) is 0 Å². The first-order valence-electron chi connectivity index (χ1n) is 12.9. The molecule has 202 valence electrons. The predicted octanol–water partition coefficient (Wildman–Crippen LogP) is 4.61. The molecule has 0 radical (unpaired) electrons. The highest BCUT2D eigenvalue weighted by molar-refractivity contribution is 5.96. The van der Waals surface area contributed by atoms with Crippen molar-refractivity contribution in [2.45, 2.75) is 32.4 Å². The van der Waals surface area contributed by atoms with Crippen molar-refractivity contribution in [1.82, 2.24) is 24.1 Å². The van der Waals surface area contributed by atoms with E-state index in [0.717, 1.165) is 74.3 Å². The van der Waals surface area contributed by atoms with Gasteiger partial charge in [0, 0.05) is 81.7 Å². The van der Waals surface area contributed by atoms with E-state index in [4.69, 9.17) is 5.73 Å². The first kappa shape index (κ1) is 26.3. The quantitative estimate of drug-likeness (QED) is 0.345. The summed E-state index contributed by atoms with van der Waals surface area (Å²) in [7, 11) is 1.98. The molecule has 0 atom stereocenters. The van der Waals surface area contributed by atoms with Crippen LogP contribution in [-0.2, 0) is 26.7 Å². The van der Waals surface area contributed by atoms with E-state index < -0.39 is 6.36 Å². The van der Waals surface area contributed by atoms with Crippen LogP contribution >= 0.6 is 0 Å². The summed E-state index contributed by atoms with van der Waals surface area (Å²) in [6.07, 6.45) is 0.0377. The van der Waals surface area contributed by atoms with Crippen LogP contribution in [0.25, 0.3) is 22.0 Å². The van der Waals surface area contributed by atoms with E-state index >= 15 is 0 Å². The fourth-order valence-corrected chi connectivity index (χ4v) is 5.10. The first-order valence-corrected chi connectivity index (χ1v) is 12.9. The molecule has 7 nitrogen and oxygen atoms in total. The lowest BCUT2D eigenvalue weighted by Crippen LogP contribution is -2.45. The minimum absolute atomic E-state index is 0.226. The van der Waals surface area contributed by atoms with Crippen LogP contribution in [0.5, 0.6) is 5.75 Å². The van der Waals surface area contributed by atoms with Crippen LogP contribution in [-0.4, -0.2) is 63.2 Å². The number of nitrogens with zero attached hydrogens (tertiary/aromatic N) is 5. The van der Waals surface area contributed by atoms with Gasteiger partial charge in [0.15, 0.2) is 0 Å². The summed E-state index contributed by atoms with van der Waals surface area (Å²) < 4.78 is 46.0. The van der Waals surface area contributed by atoms with E-state index in [9.17, 15) is 13.2 Å². The van der Waals surface area contributed by atoms with Crippen molar-refractivity contribution in [3.8, 4) is 16.9 Å². The lowest BCUT2D eigenvalue weighted by molar-refractivity contribution is -0.274. The van der Waals surface area contributed by atoms with Gasteiger partial charge in [-0.2, -0.15) is 5.10 Å². The van der Waals surface area contributed by atoms with Crippen molar-refractivity contribution in [2.24, 2.45) is 12.8 Å². The van der Waals surface area contributed by atoms with Crippen molar-refractivity contribution in [2.75, 3.05) is 32.7 Å². The Hall–Kier alpha value is -3.34. The van der Waals surface area contributed by atoms with Crippen molar-refractivity contribution in [3.63, 3.8) is 0 Å². The van der Waals surface area contributed by atoms with Crippen LogP contribution in [0.3, 0.4) is 0 Å². The van der Waals surface area contributed by atoms with Crippen LogP contribution in [0.15, 0.2) is 60.9 Å². The van der Waals surface area contributed by atoms with Gasteiger partial charge < -0.3 is 15.0 Å². The molecule has 0 bridgehead atoms. The number of piperazine rings is 1. The Morgan fingerprint density at radius 2 is 1.66 bits per heavy atom. The third-order valence-corrected chi connectivity index (χ3v) is 7.13. The molecule has 4 aromatic rings. The van der Waals surface area contributed by atoms with Crippen molar-refractivity contribution < 1.29 is 17.9 Å². The molecule has 0 unspecified atom stereocenters. The zero-order valence-corrected chi connectivity index (χ0v) is 21.5. The molecule has 10 heteroatoms. The second kappa shape index (κ2) is 11.2. The Morgan fingerprint density at radius 3 is 2.29 bits per heavy atom. The van der Waals surface area contributed by atoms with E-state index in [1.165, 1.54) is 23.4 Å². The second-order valence-electron chi connectivity index (χ2n) is 9.80. The Morgan fingerprint density at radius 1 is 0.947 bits per heavy atom. The average Bonchev–Trinajstić information content (AvgIpc) is 3.46. The summed E-state index contributed by atoms with van der Waals surface area (Å²) in [6, 6.07) is 14.7. The van der Waals surface area contributed by atoms with Crippen molar-refractivity contribution in [1.29, 1.82) is 0 Å². The topological polar surface area (TPSA) is 64.5 Å². The standard InChI is InChI=1S/C28H33F3N6O/c1-34-23(9-11-33-34)19-36-15-13-35(14-16-36)18-21-3-8-27-25(17-21)26(20-37(27)12-2-10-32)22-4-6-24(7-5-22)38-28(29,30)31/h3-9,11,17,20H,2,10,12-16,18-19,32H2,1H3. The maximum absolute atomic E-state index is 12.6. The largest absolute Gasteiger partial charge is 0.573 e. The van der Waals surface area contributed by atoms with Crippen LogP contribution in [0.1, 0.15) is 17.7 Å². The van der Waals surface area contributed by atoms with Gasteiger partial charge in [0.25, 0.3) is 0 Å². The van der Waals surface area contributed by atoms with Crippen molar-refractivity contribution >= 4 is 10.9 Å². The third kappa shape index (κ3) is 6.20. The summed E-state index contributed by atoms with van der Waals surface area (Å²) in [5, 5.41) is 5.35. The molecule has 2 N–H and O–H groups in total. The summed E-state index contributed by atoms with van der Waals surface area (Å²) in [4.78, 5) is 4.92. The maximum Gasteiger partial charge on any atom is 0.573 e. The lowest BCUT2D eigenvalue weighted by Gasteiger charge is -2.34. The van der Waals surface area contributed by atoms with Crippen LogP contribution in [0.2, 0.25) is 0 Å². The van der Waals surface area contributed by atoms with Crippen molar-refractivity contribution in [3.05, 3.63) is 72.2 Å². The number of ether oxygens (including phenoxy) is 1. The molecule has 2 aromatic heterocycles. The summed E-state index contributed by atoms with van der Waals surface area (Å²) >= 11 is 0. The van der Waals surface area contributed by atoms with Gasteiger partial charge in [0.05, 0.1) is 5.69 Å². The highest BCUT2D eigenvalue weighted by Crippen LogP contribution is 2.34. The highest BCUT2D eigenvalue weighted by atomic mass is 19.4. The Bertz CT molecular complexity index is 1350. The van der Waals surface area contributed by atoms with Crippen LogP contribution in [0.4, 0.5) is 13.2 Å². The molecule has 38 heavy (non-hydrogen) atoms. The van der Waals surface area contributed by atoms with Gasteiger partial charge in [0.1, 0.15) is 5.75 Å². The van der Waals surface area contributed by atoms with Gasteiger partial charge >= 0.3 is 6.36 Å². The summed E-state index contributed by atoms with van der Waals surface area (Å²) in [5.41, 5.74) is 11.1. The highest BCUT2D eigenvalue weighted by Gasteiger charge is 2.31. The Kier molecular flexibility index (Phi) is 7.73. The molecule has 1 aliphatic rings. The van der Waals surface area contributed by atoms with E-state index in [1.807, 2.05) is 17.9 Å². The zero-order valence-electron chi connectivity index (χ0n) is 21.5. The number of hydrogen-bond donors (Lipinski definition) is 1. The molecule has 0 amide bonds. The normalized spacial score (nSPS) is 15.4. The third-order valence-electron chi connectivity index (χ3n) is 7.13. The SMILES string of the molecule is Cn1nccc1CN1CCN(Cc2ccc3c(c2)c(-c2ccc(OC(F)(F)F)cc2)cn3CCCN)CC1. The molecule has 1 saturated heterocycles. The maximum atomic E-state index is 12.6. The van der Waals surface area contributed by atoms with E-state index in [-0.39, 0.29) is 5.75 Å². The second-order valence-corrected chi connectivity index (χ2v) is 9.80. The molecule has 1 fully saturated rings. The number of aryl methyl sites for hydroxylation is 2. The molecule has 0 saturated carbocycles. The monoisotopic (exact) mass is 526 g/mol. The Labute approximate surface area is 220 Å². The number of nitrogens with two attached hydrogens (primary N) is 1. The number of hydrogen-bond acceptors (Lipinski definition) is 5. The van der Waals surface area contributed by atoms with Crippen LogP contribution < -0.4 is 10.5 Å². The average molecular weight is 527 g/mol. The number of alkyl halides is 3. The number of aromatic nitrogens is 3. The first-order chi connectivity index (χ1) is 18.3. The molecule has 0 aliphatic carbocycles. The molecule has 2 aromatic carbocycles. The summed E-state index contributed by atoms with van der Waals surface area (Å²) in [5.74, 6) is -0.226.